The summed E-state index contributed by atoms with van der Waals surface area (Å²) >= 11 is 0. The smallest absolute Gasteiger partial charge is 0.129 e. The van der Waals surface area contributed by atoms with Gasteiger partial charge in [0, 0.05) is 5.56 Å². The largest absolute Gasteiger partial charge is 0.207 e. The van der Waals surface area contributed by atoms with Crippen molar-refractivity contribution in [1.82, 2.24) is 0 Å². The molecule has 0 N–H and O–H groups in total. The van der Waals surface area contributed by atoms with E-state index in [4.69, 9.17) is 0 Å². The van der Waals surface area contributed by atoms with Crippen LogP contribution in [0.25, 0.3) is 0 Å². The highest BCUT2D eigenvalue weighted by molar-refractivity contribution is 5.28. The second-order valence-electron chi connectivity index (χ2n) is 5.07. The third kappa shape index (κ3) is 3.54. The molecule has 2 rings (SSSR count). The summed E-state index contributed by atoms with van der Waals surface area (Å²) in [5, 5.41) is 0. The fraction of sp³-hybridized carbons (Fsp3) is 0.625. The first kappa shape index (κ1) is 15.1. The summed E-state index contributed by atoms with van der Waals surface area (Å²) in [5.74, 6) is 0.291. The van der Waals surface area contributed by atoms with E-state index in [0.29, 0.717) is 5.92 Å². The van der Waals surface area contributed by atoms with Crippen molar-refractivity contribution >= 4 is 0 Å². The Balaban J connectivity index is 0.000000771. The lowest BCUT2D eigenvalue weighted by Crippen LogP contribution is -2.11. The molecule has 1 aromatic carbocycles. The van der Waals surface area contributed by atoms with Gasteiger partial charge in [-0.1, -0.05) is 33.6 Å². The Hall–Kier alpha value is -0.920. The minimum Gasteiger partial charge on any atom is -0.207 e. The van der Waals surface area contributed by atoms with Crippen LogP contribution < -0.4 is 0 Å². The molecule has 1 aliphatic rings. The van der Waals surface area contributed by atoms with Gasteiger partial charge in [0.15, 0.2) is 0 Å². The quantitative estimate of drug-likeness (QED) is 0.612. The van der Waals surface area contributed by atoms with Gasteiger partial charge in [-0.15, -0.1) is 0 Å². The van der Waals surface area contributed by atoms with E-state index in [9.17, 15) is 8.78 Å². The van der Waals surface area contributed by atoms with Crippen LogP contribution in [0.1, 0.15) is 63.5 Å². The number of hydrogen-bond acceptors (Lipinski definition) is 0. The van der Waals surface area contributed by atoms with E-state index in [1.165, 1.54) is 31.9 Å². The second kappa shape index (κ2) is 6.86. The van der Waals surface area contributed by atoms with Gasteiger partial charge >= 0.3 is 0 Å². The summed E-state index contributed by atoms with van der Waals surface area (Å²) in [6.45, 7) is 7.73. The molecule has 0 nitrogen and oxygen atoms in total. The van der Waals surface area contributed by atoms with Crippen molar-refractivity contribution in [3.63, 3.8) is 0 Å². The highest BCUT2D eigenvalue weighted by atomic mass is 19.1. The molecule has 0 saturated heterocycles. The van der Waals surface area contributed by atoms with E-state index in [2.05, 4.69) is 6.92 Å². The Morgan fingerprint density at radius 1 is 0.944 bits per heavy atom. The van der Waals surface area contributed by atoms with Crippen LogP contribution in [0.4, 0.5) is 8.78 Å². The topological polar surface area (TPSA) is 0 Å². The Bertz CT molecular complexity index is 354. The van der Waals surface area contributed by atoms with Crippen molar-refractivity contribution < 1.29 is 8.78 Å². The first-order valence-electron chi connectivity index (χ1n) is 7.03. The Morgan fingerprint density at radius 3 is 1.83 bits per heavy atom. The summed E-state index contributed by atoms with van der Waals surface area (Å²) < 4.78 is 26.9. The maximum absolute atomic E-state index is 13.4. The number of hydrogen-bond donors (Lipinski definition) is 0. The minimum atomic E-state index is -0.409. The predicted octanol–water partition coefficient (Wildman–Crippen LogP) is 5.59. The van der Waals surface area contributed by atoms with Crippen LogP contribution in [0.3, 0.4) is 0 Å². The molecular formula is C16H24F2. The molecule has 0 unspecified atom stereocenters. The first-order chi connectivity index (χ1) is 8.58. The monoisotopic (exact) mass is 254 g/mol. The highest BCUT2D eigenvalue weighted by Crippen LogP contribution is 2.36. The van der Waals surface area contributed by atoms with Gasteiger partial charge in [-0.2, -0.15) is 0 Å². The predicted molar refractivity (Wildman–Crippen MR) is 72.8 cm³/mol. The van der Waals surface area contributed by atoms with E-state index in [1.54, 1.807) is 0 Å². The lowest BCUT2D eigenvalue weighted by Gasteiger charge is -2.26. The SMILES string of the molecule is CC.Cc1c(F)cc(C2CCC(C)CC2)cc1F. The zero-order valence-corrected chi connectivity index (χ0v) is 11.9. The Morgan fingerprint density at radius 2 is 1.39 bits per heavy atom. The van der Waals surface area contributed by atoms with Gasteiger partial charge in [-0.05, 0) is 49.3 Å². The molecule has 102 valence electrons. The highest BCUT2D eigenvalue weighted by Gasteiger charge is 2.21. The molecule has 18 heavy (non-hydrogen) atoms. The van der Waals surface area contributed by atoms with Gasteiger partial charge in [0.1, 0.15) is 11.6 Å². The maximum Gasteiger partial charge on any atom is 0.129 e. The van der Waals surface area contributed by atoms with Crippen LogP contribution in [0, 0.1) is 24.5 Å². The molecule has 2 heteroatoms. The molecule has 1 aliphatic carbocycles. The van der Waals surface area contributed by atoms with Crippen LogP contribution in [-0.2, 0) is 0 Å². The van der Waals surface area contributed by atoms with Crippen molar-refractivity contribution in [2.45, 2.75) is 59.3 Å². The molecule has 0 aliphatic heterocycles. The van der Waals surface area contributed by atoms with Crippen molar-refractivity contribution in [2.75, 3.05) is 0 Å². The third-order valence-electron chi connectivity index (χ3n) is 3.79. The first-order valence-corrected chi connectivity index (χ1v) is 7.03. The minimum absolute atomic E-state index is 0.132. The molecule has 1 saturated carbocycles. The standard InChI is InChI=1S/C14H18F2.C2H6/c1-9-3-5-11(6-4-9)12-7-13(15)10(2)14(16)8-12;1-2/h7-9,11H,3-6H2,1-2H3;1-2H3. The van der Waals surface area contributed by atoms with Crippen LogP contribution in [0.2, 0.25) is 0 Å². The second-order valence-corrected chi connectivity index (χ2v) is 5.07. The number of halogens is 2. The molecule has 0 aromatic heterocycles. The molecule has 0 radical (unpaired) electrons. The summed E-state index contributed by atoms with van der Waals surface area (Å²) in [5.41, 5.74) is 0.973. The van der Waals surface area contributed by atoms with E-state index >= 15 is 0 Å². The van der Waals surface area contributed by atoms with Crippen LogP contribution in [0.5, 0.6) is 0 Å². The molecule has 0 atom stereocenters. The Kier molecular flexibility index (Phi) is 5.77. The summed E-state index contributed by atoms with van der Waals surface area (Å²) in [7, 11) is 0. The average Bonchev–Trinajstić information content (AvgIpc) is 2.38. The van der Waals surface area contributed by atoms with Crippen LogP contribution in [0.15, 0.2) is 12.1 Å². The van der Waals surface area contributed by atoms with Crippen molar-refractivity contribution in [3.8, 4) is 0 Å². The molecule has 0 amide bonds. The zero-order chi connectivity index (χ0) is 13.7. The van der Waals surface area contributed by atoms with Crippen molar-refractivity contribution in [1.29, 1.82) is 0 Å². The van der Waals surface area contributed by atoms with Crippen LogP contribution in [-0.4, -0.2) is 0 Å². The Labute approximate surface area is 109 Å². The molecule has 0 bridgehead atoms. The summed E-state index contributed by atoms with van der Waals surface area (Å²) in [6.07, 6.45) is 4.45. The summed E-state index contributed by atoms with van der Waals surface area (Å²) in [6, 6.07) is 3.03. The van der Waals surface area contributed by atoms with Gasteiger partial charge in [-0.3, -0.25) is 0 Å². The van der Waals surface area contributed by atoms with E-state index in [-0.39, 0.29) is 5.56 Å². The lowest BCUT2D eigenvalue weighted by atomic mass is 9.79. The number of rotatable bonds is 1. The maximum atomic E-state index is 13.4. The van der Waals surface area contributed by atoms with E-state index < -0.39 is 11.6 Å². The fourth-order valence-electron chi connectivity index (χ4n) is 2.49. The fourth-order valence-corrected chi connectivity index (χ4v) is 2.49. The third-order valence-corrected chi connectivity index (χ3v) is 3.79. The van der Waals surface area contributed by atoms with Gasteiger partial charge in [0.2, 0.25) is 0 Å². The normalized spacial score (nSPS) is 23.2. The van der Waals surface area contributed by atoms with Crippen molar-refractivity contribution in [2.24, 2.45) is 5.92 Å². The van der Waals surface area contributed by atoms with Gasteiger partial charge in [0.25, 0.3) is 0 Å². The molecular weight excluding hydrogens is 230 g/mol. The lowest BCUT2D eigenvalue weighted by molar-refractivity contribution is 0.346. The molecule has 0 spiro atoms. The van der Waals surface area contributed by atoms with Crippen LogP contribution >= 0.6 is 0 Å². The van der Waals surface area contributed by atoms with E-state index in [1.807, 2.05) is 13.8 Å². The average molecular weight is 254 g/mol. The number of benzene rings is 1. The zero-order valence-electron chi connectivity index (χ0n) is 11.9. The van der Waals surface area contributed by atoms with Gasteiger partial charge in [-0.25, -0.2) is 8.78 Å². The van der Waals surface area contributed by atoms with E-state index in [0.717, 1.165) is 24.3 Å². The molecule has 1 fully saturated rings. The van der Waals surface area contributed by atoms with Crippen molar-refractivity contribution in [3.05, 3.63) is 34.9 Å². The molecule has 0 heterocycles. The summed E-state index contributed by atoms with van der Waals surface area (Å²) in [4.78, 5) is 0. The molecule has 1 aromatic rings. The van der Waals surface area contributed by atoms with Gasteiger partial charge < -0.3 is 0 Å². The van der Waals surface area contributed by atoms with Gasteiger partial charge in [0.05, 0.1) is 0 Å².